The number of anilines is 2. The Hall–Kier alpha value is -3.08. The lowest BCUT2D eigenvalue weighted by Gasteiger charge is -2.33. The summed E-state index contributed by atoms with van der Waals surface area (Å²) in [6.07, 6.45) is 5.77. The van der Waals surface area contributed by atoms with Gasteiger partial charge in [-0.3, -0.25) is 14.5 Å². The molecule has 2 amide bonds. The van der Waals surface area contributed by atoms with Crippen LogP contribution in [0.2, 0.25) is 5.02 Å². The minimum absolute atomic E-state index is 0.00846. The summed E-state index contributed by atoms with van der Waals surface area (Å²) in [4.78, 5) is 41.1. The van der Waals surface area contributed by atoms with Crippen LogP contribution in [0, 0.1) is 5.82 Å². The Morgan fingerprint density at radius 3 is 2.72 bits per heavy atom. The maximum Gasteiger partial charge on any atom is 0.246 e. The van der Waals surface area contributed by atoms with Gasteiger partial charge in [-0.25, -0.2) is 14.4 Å². The van der Waals surface area contributed by atoms with Crippen LogP contribution in [0.25, 0.3) is 10.2 Å². The van der Waals surface area contributed by atoms with Crippen molar-refractivity contribution in [3.63, 3.8) is 0 Å². The van der Waals surface area contributed by atoms with Crippen LogP contribution in [0.5, 0.6) is 0 Å². The largest absolute Gasteiger partial charge is 0.340 e. The first-order valence-corrected chi connectivity index (χ1v) is 13.0. The van der Waals surface area contributed by atoms with Crippen LogP contribution in [0.1, 0.15) is 17.4 Å². The number of nitrogens with zero attached hydrogens (tertiary/aromatic N) is 5. The minimum Gasteiger partial charge on any atom is -0.340 e. The average Bonchev–Trinajstić information content (AvgIpc) is 3.25. The van der Waals surface area contributed by atoms with Gasteiger partial charge < -0.3 is 15.1 Å². The molecule has 1 saturated heterocycles. The van der Waals surface area contributed by atoms with E-state index < -0.39 is 5.82 Å². The van der Waals surface area contributed by atoms with E-state index in [0.717, 1.165) is 46.8 Å². The van der Waals surface area contributed by atoms with Gasteiger partial charge in [0.05, 0.1) is 17.0 Å². The molecular weight excluding hydrogens is 503 g/mol. The number of hydrogen-bond acceptors (Lipinski definition) is 7. The SMILES string of the molecule is CC(=O)N1CCN(CC=CC(=O)N2CCc3c(sc4ncnc(Nc5ccc(F)c(Cl)c5)c34)C2)CC1. The van der Waals surface area contributed by atoms with E-state index in [-0.39, 0.29) is 16.8 Å². The van der Waals surface area contributed by atoms with Crippen molar-refractivity contribution in [2.45, 2.75) is 19.9 Å². The summed E-state index contributed by atoms with van der Waals surface area (Å²) in [5.74, 6) is 0.271. The van der Waals surface area contributed by atoms with E-state index in [9.17, 15) is 14.0 Å². The number of carbonyl (C=O) groups excluding carboxylic acids is 2. The molecule has 0 unspecified atom stereocenters. The zero-order valence-electron chi connectivity index (χ0n) is 19.8. The molecule has 0 bridgehead atoms. The molecule has 0 spiro atoms. The van der Waals surface area contributed by atoms with Gasteiger partial charge in [-0.2, -0.15) is 0 Å². The van der Waals surface area contributed by atoms with Crippen LogP contribution >= 0.6 is 22.9 Å². The minimum atomic E-state index is -0.475. The Kier molecular flexibility index (Phi) is 7.17. The van der Waals surface area contributed by atoms with Crippen LogP contribution < -0.4 is 5.32 Å². The summed E-state index contributed by atoms with van der Waals surface area (Å²) in [6, 6.07) is 4.46. The molecule has 3 aromatic rings. The van der Waals surface area contributed by atoms with Crippen molar-refractivity contribution >= 4 is 56.5 Å². The third kappa shape index (κ3) is 5.21. The number of thiophene rings is 1. The van der Waals surface area contributed by atoms with Crippen molar-refractivity contribution in [2.75, 3.05) is 44.6 Å². The summed E-state index contributed by atoms with van der Waals surface area (Å²) in [5, 5.41) is 4.21. The molecule has 0 radical (unpaired) electrons. The quantitative estimate of drug-likeness (QED) is 0.507. The summed E-state index contributed by atoms with van der Waals surface area (Å²) < 4.78 is 13.5. The number of nitrogens with one attached hydrogen (secondary N) is 1. The number of benzene rings is 1. The molecule has 1 aromatic carbocycles. The van der Waals surface area contributed by atoms with Gasteiger partial charge in [0, 0.05) is 62.8 Å². The van der Waals surface area contributed by atoms with E-state index in [1.165, 1.54) is 18.5 Å². The highest BCUT2D eigenvalue weighted by Gasteiger charge is 2.26. The van der Waals surface area contributed by atoms with Crippen LogP contribution in [-0.2, 0) is 22.6 Å². The van der Waals surface area contributed by atoms with Gasteiger partial charge in [0.15, 0.2) is 0 Å². The van der Waals surface area contributed by atoms with Crippen molar-refractivity contribution in [1.82, 2.24) is 24.7 Å². The molecule has 2 aromatic heterocycles. The molecule has 0 aliphatic carbocycles. The van der Waals surface area contributed by atoms with Gasteiger partial charge in [0.25, 0.3) is 0 Å². The second-order valence-electron chi connectivity index (χ2n) is 8.88. The smallest absolute Gasteiger partial charge is 0.246 e. The molecule has 1 fully saturated rings. The summed E-state index contributed by atoms with van der Waals surface area (Å²) in [7, 11) is 0. The highest BCUT2D eigenvalue weighted by Crippen LogP contribution is 2.38. The van der Waals surface area contributed by atoms with E-state index in [4.69, 9.17) is 11.6 Å². The van der Waals surface area contributed by atoms with E-state index in [0.29, 0.717) is 37.6 Å². The summed E-state index contributed by atoms with van der Waals surface area (Å²) in [6.45, 7) is 6.51. The lowest BCUT2D eigenvalue weighted by atomic mass is 10.0. The molecular formula is C25H26ClFN6O2S. The first-order chi connectivity index (χ1) is 17.4. The normalized spacial score (nSPS) is 16.5. The Labute approximate surface area is 217 Å². The first-order valence-electron chi connectivity index (χ1n) is 11.8. The Morgan fingerprint density at radius 1 is 1.17 bits per heavy atom. The number of aromatic nitrogens is 2. The fraction of sp³-hybridized carbons (Fsp3) is 0.360. The molecule has 8 nitrogen and oxygen atoms in total. The lowest BCUT2D eigenvalue weighted by Crippen LogP contribution is -2.47. The first kappa shape index (κ1) is 24.6. The average molecular weight is 529 g/mol. The number of rotatable bonds is 5. The third-order valence-electron chi connectivity index (χ3n) is 6.57. The van der Waals surface area contributed by atoms with Crippen LogP contribution in [0.15, 0.2) is 36.7 Å². The molecule has 36 heavy (non-hydrogen) atoms. The molecule has 1 N–H and O–H groups in total. The second kappa shape index (κ2) is 10.5. The Balaban J connectivity index is 1.24. The summed E-state index contributed by atoms with van der Waals surface area (Å²) >= 11 is 7.49. The fourth-order valence-corrected chi connectivity index (χ4v) is 5.96. The van der Waals surface area contributed by atoms with Crippen molar-refractivity contribution in [3.05, 3.63) is 58.0 Å². The predicted molar refractivity (Wildman–Crippen MR) is 139 cm³/mol. The van der Waals surface area contributed by atoms with Crippen molar-refractivity contribution in [2.24, 2.45) is 0 Å². The number of carbonyl (C=O) groups is 2. The molecule has 2 aliphatic rings. The predicted octanol–water partition coefficient (Wildman–Crippen LogP) is 3.83. The molecule has 2 aliphatic heterocycles. The standard InChI is InChI=1S/C25H26ClFN6O2S/c1-16(34)32-11-9-31(10-12-32)7-2-3-22(35)33-8-6-18-21(14-33)36-25-23(18)24(28-15-29-25)30-17-4-5-20(27)19(26)13-17/h2-5,13,15H,6-12,14H2,1H3,(H,28,29,30). The molecule has 4 heterocycles. The number of hydrogen-bond donors (Lipinski definition) is 1. The number of fused-ring (bicyclic) bond motifs is 3. The van der Waals surface area contributed by atoms with Gasteiger partial charge >= 0.3 is 0 Å². The van der Waals surface area contributed by atoms with Gasteiger partial charge in [0.1, 0.15) is 22.8 Å². The van der Waals surface area contributed by atoms with Crippen LogP contribution in [0.3, 0.4) is 0 Å². The fourth-order valence-electron chi connectivity index (χ4n) is 4.57. The maximum absolute atomic E-state index is 13.5. The van der Waals surface area contributed by atoms with E-state index in [1.807, 2.05) is 15.9 Å². The van der Waals surface area contributed by atoms with Gasteiger partial charge in [-0.15, -0.1) is 11.3 Å². The molecule has 0 atom stereocenters. The molecule has 0 saturated carbocycles. The molecule has 11 heteroatoms. The molecule has 188 valence electrons. The number of piperazine rings is 1. The zero-order chi connectivity index (χ0) is 25.2. The Bertz CT molecular complexity index is 1340. The van der Waals surface area contributed by atoms with E-state index in [1.54, 1.807) is 30.4 Å². The lowest BCUT2D eigenvalue weighted by molar-refractivity contribution is -0.130. The van der Waals surface area contributed by atoms with Crippen molar-refractivity contribution < 1.29 is 14.0 Å². The van der Waals surface area contributed by atoms with Gasteiger partial charge in [-0.05, 0) is 30.2 Å². The topological polar surface area (TPSA) is 81.7 Å². The highest BCUT2D eigenvalue weighted by atomic mass is 35.5. The Morgan fingerprint density at radius 2 is 1.97 bits per heavy atom. The maximum atomic E-state index is 13.5. The van der Waals surface area contributed by atoms with Gasteiger partial charge in [0.2, 0.25) is 11.8 Å². The number of halogens is 2. The van der Waals surface area contributed by atoms with E-state index in [2.05, 4.69) is 20.2 Å². The zero-order valence-corrected chi connectivity index (χ0v) is 21.4. The second-order valence-corrected chi connectivity index (χ2v) is 10.4. The monoisotopic (exact) mass is 528 g/mol. The number of amides is 2. The van der Waals surface area contributed by atoms with Crippen LogP contribution in [-0.4, -0.2) is 75.8 Å². The summed E-state index contributed by atoms with van der Waals surface area (Å²) in [5.41, 5.74) is 1.78. The van der Waals surface area contributed by atoms with Gasteiger partial charge in [-0.1, -0.05) is 17.7 Å². The van der Waals surface area contributed by atoms with Crippen molar-refractivity contribution in [3.8, 4) is 0 Å². The third-order valence-corrected chi connectivity index (χ3v) is 7.99. The highest BCUT2D eigenvalue weighted by molar-refractivity contribution is 7.19. The molecule has 5 rings (SSSR count). The van der Waals surface area contributed by atoms with Crippen molar-refractivity contribution in [1.29, 1.82) is 0 Å². The van der Waals surface area contributed by atoms with Crippen LogP contribution in [0.4, 0.5) is 15.9 Å². The van der Waals surface area contributed by atoms with E-state index >= 15 is 0 Å².